The van der Waals surface area contributed by atoms with Crippen LogP contribution in [0.2, 0.25) is 0 Å². The molecule has 1 heterocycles. The molecule has 82 valence electrons. The van der Waals surface area contributed by atoms with Crippen molar-refractivity contribution in [2.24, 2.45) is 0 Å². The largest absolute Gasteiger partial charge is 0.379 e. The van der Waals surface area contributed by atoms with Gasteiger partial charge < -0.3 is 5.11 Å². The zero-order valence-corrected chi connectivity index (χ0v) is 10.3. The molecule has 0 aliphatic rings. The molecule has 0 saturated heterocycles. The van der Waals surface area contributed by atoms with Crippen LogP contribution < -0.4 is 0 Å². The van der Waals surface area contributed by atoms with Gasteiger partial charge in [-0.05, 0) is 24.6 Å². The second-order valence-electron chi connectivity index (χ2n) is 3.67. The highest BCUT2D eigenvalue weighted by atomic mass is 79.9. The molecule has 0 aliphatic carbocycles. The summed E-state index contributed by atoms with van der Waals surface area (Å²) in [5, 5.41) is 10.5. The van der Waals surface area contributed by atoms with E-state index in [-0.39, 0.29) is 0 Å². The molecule has 0 amide bonds. The predicted molar refractivity (Wildman–Crippen MR) is 64.8 cm³/mol. The van der Waals surface area contributed by atoms with Gasteiger partial charge in [-0.15, -0.1) is 0 Å². The monoisotopic (exact) mass is 278 g/mol. The molecule has 0 radical (unpaired) electrons. The van der Waals surface area contributed by atoms with E-state index in [2.05, 4.69) is 25.9 Å². The van der Waals surface area contributed by atoms with Gasteiger partial charge in [0.25, 0.3) is 0 Å². The predicted octanol–water partition coefficient (Wildman–Crippen LogP) is 2.49. The molecule has 16 heavy (non-hydrogen) atoms. The van der Waals surface area contributed by atoms with Crippen LogP contribution in [0.5, 0.6) is 0 Å². The first-order valence-corrected chi connectivity index (χ1v) is 5.65. The third kappa shape index (κ3) is 2.13. The summed E-state index contributed by atoms with van der Waals surface area (Å²) in [6, 6.07) is 7.52. The van der Waals surface area contributed by atoms with Gasteiger partial charge in [-0.3, -0.25) is 9.97 Å². The van der Waals surface area contributed by atoms with Crippen LogP contribution in [0.4, 0.5) is 0 Å². The molecule has 0 saturated carbocycles. The second kappa shape index (κ2) is 4.31. The maximum Gasteiger partial charge on any atom is 0.130 e. The van der Waals surface area contributed by atoms with E-state index in [1.54, 1.807) is 25.5 Å². The summed E-state index contributed by atoms with van der Waals surface area (Å²) >= 11 is 3.38. The van der Waals surface area contributed by atoms with Gasteiger partial charge >= 0.3 is 0 Å². The van der Waals surface area contributed by atoms with Crippen LogP contribution in [0.1, 0.15) is 18.2 Å². The van der Waals surface area contributed by atoms with Crippen LogP contribution in [0.3, 0.4) is 0 Å². The average Bonchev–Trinajstić information content (AvgIpc) is 2.30. The first-order valence-electron chi connectivity index (χ1n) is 4.85. The summed E-state index contributed by atoms with van der Waals surface area (Å²) in [5.41, 5.74) is 0.188. The smallest absolute Gasteiger partial charge is 0.130 e. The van der Waals surface area contributed by atoms with E-state index in [1.165, 1.54) is 0 Å². The quantitative estimate of drug-likeness (QED) is 0.918. The lowest BCUT2D eigenvalue weighted by Crippen LogP contribution is -2.24. The fraction of sp³-hybridized carbons (Fsp3) is 0.167. The topological polar surface area (TPSA) is 46.0 Å². The molecule has 1 N–H and O–H groups in total. The van der Waals surface area contributed by atoms with Crippen molar-refractivity contribution in [3.05, 3.63) is 58.6 Å². The molecule has 1 unspecified atom stereocenters. The van der Waals surface area contributed by atoms with Crippen LogP contribution in [0.25, 0.3) is 0 Å². The van der Waals surface area contributed by atoms with E-state index in [9.17, 15) is 5.11 Å². The van der Waals surface area contributed by atoms with Crippen LogP contribution in [0.15, 0.2) is 47.3 Å². The van der Waals surface area contributed by atoms with Crippen molar-refractivity contribution in [3.63, 3.8) is 0 Å². The fourth-order valence-corrected chi connectivity index (χ4v) is 1.89. The Labute approximate surface area is 102 Å². The Morgan fingerprint density at radius 3 is 2.75 bits per heavy atom. The van der Waals surface area contributed by atoms with Crippen molar-refractivity contribution in [1.29, 1.82) is 0 Å². The number of rotatable bonds is 2. The number of hydrogen-bond acceptors (Lipinski definition) is 3. The van der Waals surface area contributed by atoms with Gasteiger partial charge in [-0.25, -0.2) is 0 Å². The minimum atomic E-state index is -1.13. The zero-order valence-electron chi connectivity index (χ0n) is 8.76. The molecule has 1 aromatic heterocycles. The molecule has 0 bridgehead atoms. The minimum absolute atomic E-state index is 0.535. The lowest BCUT2D eigenvalue weighted by molar-refractivity contribution is 0.0969. The summed E-state index contributed by atoms with van der Waals surface area (Å²) in [4.78, 5) is 8.09. The van der Waals surface area contributed by atoms with Crippen molar-refractivity contribution in [1.82, 2.24) is 9.97 Å². The van der Waals surface area contributed by atoms with Crippen LogP contribution >= 0.6 is 15.9 Å². The number of aromatic nitrogens is 2. The highest BCUT2D eigenvalue weighted by Crippen LogP contribution is 2.28. The maximum atomic E-state index is 10.5. The van der Waals surface area contributed by atoms with Crippen molar-refractivity contribution in [2.45, 2.75) is 12.5 Å². The summed E-state index contributed by atoms with van der Waals surface area (Å²) in [7, 11) is 0. The number of halogens is 1. The fourth-order valence-electron chi connectivity index (χ4n) is 1.49. The van der Waals surface area contributed by atoms with Gasteiger partial charge in [-0.1, -0.05) is 28.1 Å². The highest BCUT2D eigenvalue weighted by molar-refractivity contribution is 9.10. The number of aliphatic hydroxyl groups is 1. The first kappa shape index (κ1) is 11.2. The molecular formula is C12H11BrN2O. The molecule has 0 spiro atoms. The standard InChI is InChI=1S/C12H11BrN2O/c1-12(16,11-8-14-5-6-15-11)9-3-2-4-10(13)7-9/h2-8,16H,1H3. The molecule has 4 heteroatoms. The molecule has 2 aromatic rings. The van der Waals surface area contributed by atoms with E-state index in [1.807, 2.05) is 24.3 Å². The van der Waals surface area contributed by atoms with E-state index in [0.29, 0.717) is 5.69 Å². The normalized spacial score (nSPS) is 14.4. The summed E-state index contributed by atoms with van der Waals surface area (Å²) in [6.45, 7) is 1.71. The van der Waals surface area contributed by atoms with Crippen LogP contribution in [-0.4, -0.2) is 15.1 Å². The van der Waals surface area contributed by atoms with Crippen LogP contribution in [0, 0.1) is 0 Å². The van der Waals surface area contributed by atoms with E-state index in [4.69, 9.17) is 0 Å². The Morgan fingerprint density at radius 2 is 2.12 bits per heavy atom. The summed E-state index contributed by atoms with van der Waals surface area (Å²) in [5.74, 6) is 0. The molecule has 0 aliphatic heterocycles. The van der Waals surface area contributed by atoms with Crippen molar-refractivity contribution in [3.8, 4) is 0 Å². The Bertz CT molecular complexity index is 485. The molecule has 3 nitrogen and oxygen atoms in total. The Kier molecular flexibility index (Phi) is 3.03. The second-order valence-corrected chi connectivity index (χ2v) is 4.59. The summed E-state index contributed by atoms with van der Waals surface area (Å²) in [6.07, 6.45) is 4.73. The van der Waals surface area contributed by atoms with Gasteiger partial charge in [-0.2, -0.15) is 0 Å². The van der Waals surface area contributed by atoms with Crippen molar-refractivity contribution in [2.75, 3.05) is 0 Å². The van der Waals surface area contributed by atoms with E-state index in [0.717, 1.165) is 10.0 Å². The lowest BCUT2D eigenvalue weighted by Gasteiger charge is -2.22. The Morgan fingerprint density at radius 1 is 1.31 bits per heavy atom. The van der Waals surface area contributed by atoms with Gasteiger partial charge in [0.2, 0.25) is 0 Å². The molecule has 1 aromatic carbocycles. The molecule has 2 rings (SSSR count). The van der Waals surface area contributed by atoms with Gasteiger partial charge in [0.05, 0.1) is 11.9 Å². The molecule has 0 fully saturated rings. The SMILES string of the molecule is CC(O)(c1cccc(Br)c1)c1cnccn1. The number of benzene rings is 1. The molecular weight excluding hydrogens is 268 g/mol. The Hall–Kier alpha value is -1.26. The average molecular weight is 279 g/mol. The zero-order chi connectivity index (χ0) is 11.6. The number of nitrogens with zero attached hydrogens (tertiary/aromatic N) is 2. The molecule has 1 atom stereocenters. The first-order chi connectivity index (χ1) is 7.60. The van der Waals surface area contributed by atoms with Gasteiger partial charge in [0.15, 0.2) is 0 Å². The third-order valence-electron chi connectivity index (χ3n) is 2.45. The van der Waals surface area contributed by atoms with Crippen molar-refractivity contribution >= 4 is 15.9 Å². The van der Waals surface area contributed by atoms with E-state index >= 15 is 0 Å². The number of hydrogen-bond donors (Lipinski definition) is 1. The maximum absolute atomic E-state index is 10.5. The minimum Gasteiger partial charge on any atom is -0.379 e. The lowest BCUT2D eigenvalue weighted by atomic mass is 9.93. The van der Waals surface area contributed by atoms with Crippen LogP contribution in [-0.2, 0) is 5.60 Å². The van der Waals surface area contributed by atoms with Gasteiger partial charge in [0, 0.05) is 16.9 Å². The third-order valence-corrected chi connectivity index (χ3v) is 2.94. The van der Waals surface area contributed by atoms with E-state index < -0.39 is 5.60 Å². The van der Waals surface area contributed by atoms with Crippen molar-refractivity contribution < 1.29 is 5.11 Å². The van der Waals surface area contributed by atoms with Gasteiger partial charge in [0.1, 0.15) is 5.60 Å². The summed E-state index contributed by atoms with van der Waals surface area (Å²) < 4.78 is 0.925. The highest BCUT2D eigenvalue weighted by Gasteiger charge is 2.27. The Balaban J connectivity index is 2.47.